The Hall–Kier alpha value is -0.810. The molecule has 0 fully saturated rings. The van der Waals surface area contributed by atoms with Crippen LogP contribution in [0.1, 0.15) is 19.8 Å². The number of rotatable bonds is 4. The first kappa shape index (κ1) is 12.2. The summed E-state index contributed by atoms with van der Waals surface area (Å²) in [5.74, 6) is -2.16. The maximum absolute atomic E-state index is 12.2. The van der Waals surface area contributed by atoms with Crippen LogP contribution < -0.4 is 0 Å². The van der Waals surface area contributed by atoms with Crippen molar-refractivity contribution in [2.75, 3.05) is 0 Å². The Balaban J connectivity index is 3.83. The Bertz CT molecular complexity index is 178. The highest BCUT2D eigenvalue weighted by Gasteiger charge is 2.39. The normalized spacial score (nSPS) is 16.7. The van der Waals surface area contributed by atoms with Crippen LogP contribution in [0.15, 0.2) is 0 Å². The van der Waals surface area contributed by atoms with Gasteiger partial charge in [-0.25, -0.2) is 4.39 Å². The van der Waals surface area contributed by atoms with Crippen molar-refractivity contribution in [2.24, 2.45) is 5.92 Å². The Kier molecular flexibility index (Phi) is 4.16. The first-order chi connectivity index (χ1) is 5.75. The van der Waals surface area contributed by atoms with Crippen LogP contribution in [0.4, 0.5) is 17.6 Å². The molecule has 0 radical (unpaired) electrons. The van der Waals surface area contributed by atoms with Crippen LogP contribution in [0.2, 0.25) is 0 Å². The summed E-state index contributed by atoms with van der Waals surface area (Å²) in [6, 6.07) is 0. The molecule has 78 valence electrons. The summed E-state index contributed by atoms with van der Waals surface area (Å²) in [6.45, 7) is 1.24. The number of carboxylic acids is 1. The Morgan fingerprint density at radius 2 is 1.85 bits per heavy atom. The van der Waals surface area contributed by atoms with E-state index >= 15 is 0 Å². The maximum atomic E-state index is 12.2. The van der Waals surface area contributed by atoms with E-state index < -0.39 is 30.7 Å². The minimum absolute atomic E-state index is 0.310. The molecule has 0 aliphatic rings. The molecule has 13 heavy (non-hydrogen) atoms. The van der Waals surface area contributed by atoms with Crippen molar-refractivity contribution in [1.82, 2.24) is 0 Å². The van der Waals surface area contributed by atoms with E-state index in [1.807, 2.05) is 0 Å². The molecule has 2 atom stereocenters. The van der Waals surface area contributed by atoms with Crippen molar-refractivity contribution < 1.29 is 27.5 Å². The van der Waals surface area contributed by atoms with E-state index in [4.69, 9.17) is 5.11 Å². The van der Waals surface area contributed by atoms with E-state index in [0.717, 1.165) is 0 Å². The van der Waals surface area contributed by atoms with E-state index in [1.165, 1.54) is 6.92 Å². The molecule has 2 unspecified atom stereocenters. The number of hydrogen-bond acceptors (Lipinski definition) is 1. The third-order valence-electron chi connectivity index (χ3n) is 1.63. The van der Waals surface area contributed by atoms with Gasteiger partial charge in [-0.2, -0.15) is 13.2 Å². The lowest BCUT2D eigenvalue weighted by Crippen LogP contribution is -2.25. The quantitative estimate of drug-likeness (QED) is 0.710. The molecular formula is C7H10F4O2. The molecule has 2 nitrogen and oxygen atoms in total. The van der Waals surface area contributed by atoms with Crippen molar-refractivity contribution in [2.45, 2.75) is 32.1 Å². The van der Waals surface area contributed by atoms with Gasteiger partial charge in [0.05, 0.1) is 5.92 Å². The highest BCUT2D eigenvalue weighted by atomic mass is 19.4. The minimum Gasteiger partial charge on any atom is -0.481 e. The molecular weight excluding hydrogens is 192 g/mol. The summed E-state index contributed by atoms with van der Waals surface area (Å²) in [5, 5.41) is 8.29. The molecule has 0 spiro atoms. The zero-order valence-electron chi connectivity index (χ0n) is 6.94. The lowest BCUT2D eigenvalue weighted by Gasteiger charge is -2.13. The van der Waals surface area contributed by atoms with Gasteiger partial charge in [-0.3, -0.25) is 4.79 Å². The number of hydrogen-bond donors (Lipinski definition) is 1. The van der Waals surface area contributed by atoms with Crippen LogP contribution in [0.5, 0.6) is 0 Å². The van der Waals surface area contributed by atoms with Crippen LogP contribution in [-0.4, -0.2) is 23.4 Å². The SMILES string of the molecule is CC(CCC(F)C(F)(F)F)C(=O)O. The van der Waals surface area contributed by atoms with E-state index in [-0.39, 0.29) is 6.42 Å². The standard InChI is InChI=1S/C7H10F4O2/c1-4(6(12)13)2-3-5(8)7(9,10)11/h4-5H,2-3H2,1H3,(H,12,13). The third kappa shape index (κ3) is 4.69. The highest BCUT2D eigenvalue weighted by Crippen LogP contribution is 2.27. The summed E-state index contributed by atoms with van der Waals surface area (Å²) in [6.07, 6.45) is -8.90. The summed E-state index contributed by atoms with van der Waals surface area (Å²) in [7, 11) is 0. The molecule has 0 amide bonds. The maximum Gasteiger partial charge on any atom is 0.419 e. The van der Waals surface area contributed by atoms with Crippen LogP contribution in [0, 0.1) is 5.92 Å². The second-order valence-electron chi connectivity index (χ2n) is 2.83. The summed E-state index contributed by atoms with van der Waals surface area (Å²) in [4.78, 5) is 10.2. The predicted octanol–water partition coefficient (Wildman–Crippen LogP) is 2.39. The molecule has 0 aromatic heterocycles. The molecule has 0 aliphatic heterocycles. The van der Waals surface area contributed by atoms with Gasteiger partial charge in [-0.15, -0.1) is 0 Å². The van der Waals surface area contributed by atoms with Gasteiger partial charge in [-0.1, -0.05) is 6.92 Å². The van der Waals surface area contributed by atoms with Gasteiger partial charge in [0.25, 0.3) is 0 Å². The molecule has 6 heteroatoms. The molecule has 0 aromatic rings. The van der Waals surface area contributed by atoms with Gasteiger partial charge < -0.3 is 5.11 Å². The van der Waals surface area contributed by atoms with Crippen LogP contribution in [0.3, 0.4) is 0 Å². The fraction of sp³-hybridized carbons (Fsp3) is 0.857. The molecule has 0 saturated carbocycles. The van der Waals surface area contributed by atoms with Crippen molar-refractivity contribution in [3.8, 4) is 0 Å². The molecule has 0 saturated heterocycles. The molecule has 1 N–H and O–H groups in total. The number of halogens is 4. The zero-order chi connectivity index (χ0) is 10.6. The van der Waals surface area contributed by atoms with Crippen LogP contribution in [-0.2, 0) is 4.79 Å². The number of alkyl halides is 4. The Morgan fingerprint density at radius 3 is 2.15 bits per heavy atom. The fourth-order valence-electron chi connectivity index (χ4n) is 0.683. The van der Waals surface area contributed by atoms with E-state index in [9.17, 15) is 22.4 Å². The predicted molar refractivity (Wildman–Crippen MR) is 37.0 cm³/mol. The van der Waals surface area contributed by atoms with Crippen LogP contribution in [0.25, 0.3) is 0 Å². The molecule has 0 rings (SSSR count). The second-order valence-corrected chi connectivity index (χ2v) is 2.83. The van der Waals surface area contributed by atoms with E-state index in [0.29, 0.717) is 0 Å². The average Bonchev–Trinajstić information content (AvgIpc) is 1.97. The summed E-state index contributed by atoms with van der Waals surface area (Å²) < 4.78 is 47.0. The smallest absolute Gasteiger partial charge is 0.419 e. The van der Waals surface area contributed by atoms with Gasteiger partial charge in [0, 0.05) is 0 Å². The number of carbonyl (C=O) groups is 1. The number of carboxylic acid groups (broad SMARTS) is 1. The Labute approximate surface area is 72.5 Å². The van der Waals surface area contributed by atoms with E-state index in [1.54, 1.807) is 0 Å². The highest BCUT2D eigenvalue weighted by molar-refractivity contribution is 5.69. The fourth-order valence-corrected chi connectivity index (χ4v) is 0.683. The van der Waals surface area contributed by atoms with Gasteiger partial charge >= 0.3 is 12.1 Å². The molecule has 0 aliphatic carbocycles. The van der Waals surface area contributed by atoms with Crippen molar-refractivity contribution in [3.05, 3.63) is 0 Å². The Morgan fingerprint density at radius 1 is 1.38 bits per heavy atom. The van der Waals surface area contributed by atoms with Gasteiger partial charge in [0.1, 0.15) is 0 Å². The lowest BCUT2D eigenvalue weighted by molar-refractivity contribution is -0.183. The van der Waals surface area contributed by atoms with Crippen molar-refractivity contribution in [1.29, 1.82) is 0 Å². The average molecular weight is 202 g/mol. The van der Waals surface area contributed by atoms with Gasteiger partial charge in [-0.05, 0) is 12.8 Å². The number of aliphatic carboxylic acids is 1. The third-order valence-corrected chi connectivity index (χ3v) is 1.63. The summed E-state index contributed by atoms with van der Waals surface area (Å²) >= 11 is 0. The van der Waals surface area contributed by atoms with Gasteiger partial charge in [0.2, 0.25) is 0 Å². The monoisotopic (exact) mass is 202 g/mol. The van der Waals surface area contributed by atoms with E-state index in [2.05, 4.69) is 0 Å². The molecule has 0 bridgehead atoms. The zero-order valence-corrected chi connectivity index (χ0v) is 6.94. The second kappa shape index (κ2) is 4.43. The first-order valence-corrected chi connectivity index (χ1v) is 3.68. The summed E-state index contributed by atoms with van der Waals surface area (Å²) in [5.41, 5.74) is 0. The van der Waals surface area contributed by atoms with Crippen LogP contribution >= 0.6 is 0 Å². The van der Waals surface area contributed by atoms with Gasteiger partial charge in [0.15, 0.2) is 6.17 Å². The molecule has 0 aromatic carbocycles. The largest absolute Gasteiger partial charge is 0.481 e. The van der Waals surface area contributed by atoms with Crippen molar-refractivity contribution in [3.63, 3.8) is 0 Å². The first-order valence-electron chi connectivity index (χ1n) is 3.68. The lowest BCUT2D eigenvalue weighted by atomic mass is 10.0. The minimum atomic E-state index is -4.88. The molecule has 0 heterocycles. The van der Waals surface area contributed by atoms with Crippen molar-refractivity contribution >= 4 is 5.97 Å². The topological polar surface area (TPSA) is 37.3 Å².